The van der Waals surface area contributed by atoms with Crippen LogP contribution in [0.1, 0.15) is 0 Å². The van der Waals surface area contributed by atoms with Crippen LogP contribution < -0.4 is 5.73 Å². The molecule has 4 heteroatoms. The third-order valence-electron chi connectivity index (χ3n) is 0.566. The molecule has 9 heavy (non-hydrogen) atoms. The lowest BCUT2D eigenvalue weighted by Gasteiger charge is -1.98. The second kappa shape index (κ2) is 3.91. The van der Waals surface area contributed by atoms with Gasteiger partial charge in [-0.25, -0.2) is 0 Å². The summed E-state index contributed by atoms with van der Waals surface area (Å²) in [5.74, 6) is -0.734. The van der Waals surface area contributed by atoms with E-state index in [2.05, 4.69) is 11.3 Å². The molecule has 0 aliphatic rings. The van der Waals surface area contributed by atoms with Crippen LogP contribution in [-0.4, -0.2) is 24.2 Å². The van der Waals surface area contributed by atoms with Gasteiger partial charge in [-0.15, -0.1) is 0 Å². The van der Waals surface area contributed by atoms with Crippen LogP contribution in [-0.2, 0) is 9.53 Å². The van der Waals surface area contributed by atoms with Crippen LogP contribution >= 0.6 is 0 Å². The lowest BCUT2D eigenvalue weighted by atomic mass is 10.6. The van der Waals surface area contributed by atoms with E-state index in [-0.39, 0.29) is 18.9 Å². The predicted octanol–water partition coefficient (Wildman–Crippen LogP) is -0.440. The Labute approximate surface area is 52.9 Å². The summed E-state index contributed by atoms with van der Waals surface area (Å²) in [4.78, 5) is 10.2. The lowest BCUT2D eigenvalue weighted by molar-refractivity contribution is -0.141. The van der Waals surface area contributed by atoms with Crippen molar-refractivity contribution in [3.63, 3.8) is 0 Å². The molecule has 0 fully saturated rings. The monoisotopic (exact) mass is 131 g/mol. The van der Waals surface area contributed by atoms with Crippen molar-refractivity contribution in [2.45, 2.75) is 0 Å². The van der Waals surface area contributed by atoms with Crippen LogP contribution in [0, 0.1) is 0 Å². The zero-order chi connectivity index (χ0) is 7.28. The number of hydrogen-bond acceptors (Lipinski definition) is 4. The number of aliphatic hydroxyl groups excluding tert-OH is 1. The van der Waals surface area contributed by atoms with Crippen molar-refractivity contribution >= 4 is 5.97 Å². The lowest BCUT2D eigenvalue weighted by Crippen LogP contribution is -2.17. The Kier molecular flexibility index (Phi) is 3.46. The van der Waals surface area contributed by atoms with Crippen molar-refractivity contribution < 1.29 is 14.6 Å². The fraction of sp³-hybridized carbons (Fsp3) is 0.400. The fourth-order valence-electron chi connectivity index (χ4n) is 0.223. The first-order valence-electron chi connectivity index (χ1n) is 2.39. The number of hydrogen-bond donors (Lipinski definition) is 2. The van der Waals surface area contributed by atoms with Gasteiger partial charge in [0.25, 0.3) is 0 Å². The van der Waals surface area contributed by atoms with Crippen LogP contribution in [0.3, 0.4) is 0 Å². The Hall–Kier alpha value is -1.03. The molecular formula is C5H9NO3. The van der Waals surface area contributed by atoms with Crippen molar-refractivity contribution in [2.24, 2.45) is 5.73 Å². The summed E-state index contributed by atoms with van der Waals surface area (Å²) in [7, 11) is 0. The first-order chi connectivity index (χ1) is 4.16. The molecule has 0 rings (SSSR count). The van der Waals surface area contributed by atoms with Crippen LogP contribution in [0.5, 0.6) is 0 Å². The van der Waals surface area contributed by atoms with Gasteiger partial charge >= 0.3 is 5.97 Å². The quantitative estimate of drug-likeness (QED) is 0.402. The van der Waals surface area contributed by atoms with Crippen LogP contribution in [0.4, 0.5) is 0 Å². The van der Waals surface area contributed by atoms with Gasteiger partial charge in [-0.3, -0.25) is 4.79 Å². The molecule has 0 aromatic heterocycles. The highest BCUT2D eigenvalue weighted by Crippen LogP contribution is 1.83. The first kappa shape index (κ1) is 7.97. The second-order valence-electron chi connectivity index (χ2n) is 1.43. The molecule has 0 aliphatic heterocycles. The number of ether oxygens (including phenoxy) is 1. The van der Waals surface area contributed by atoms with E-state index in [1.54, 1.807) is 0 Å². The molecule has 0 saturated carbocycles. The highest BCUT2D eigenvalue weighted by atomic mass is 16.5. The zero-order valence-electron chi connectivity index (χ0n) is 4.96. The molecule has 4 nitrogen and oxygen atoms in total. The van der Waals surface area contributed by atoms with E-state index in [0.717, 1.165) is 0 Å². The van der Waals surface area contributed by atoms with E-state index in [1.165, 1.54) is 0 Å². The van der Waals surface area contributed by atoms with Gasteiger partial charge in [0.2, 0.25) is 0 Å². The number of carbonyl (C=O) groups excluding carboxylic acids is 1. The molecule has 0 spiro atoms. The topological polar surface area (TPSA) is 72.5 Å². The van der Waals surface area contributed by atoms with Crippen LogP contribution in [0.15, 0.2) is 12.3 Å². The molecule has 0 bridgehead atoms. The maximum absolute atomic E-state index is 10.2. The van der Waals surface area contributed by atoms with Crippen molar-refractivity contribution in [3.05, 3.63) is 12.3 Å². The summed E-state index contributed by atoms with van der Waals surface area (Å²) in [6.45, 7) is 2.75. The minimum Gasteiger partial charge on any atom is -0.509 e. The van der Waals surface area contributed by atoms with Gasteiger partial charge in [-0.05, 0) is 0 Å². The van der Waals surface area contributed by atoms with Crippen LogP contribution in [0.2, 0.25) is 0 Å². The first-order valence-corrected chi connectivity index (χ1v) is 2.39. The molecule has 0 heterocycles. The molecule has 0 aromatic rings. The summed E-state index contributed by atoms with van der Waals surface area (Å²) < 4.78 is 4.34. The molecule has 3 N–H and O–H groups in total. The summed E-state index contributed by atoms with van der Waals surface area (Å²) in [5, 5.41) is 8.38. The highest BCUT2D eigenvalue weighted by molar-refractivity contribution is 5.71. The fourth-order valence-corrected chi connectivity index (χ4v) is 0.223. The van der Waals surface area contributed by atoms with Crippen LogP contribution in [0.25, 0.3) is 0 Å². The molecule has 0 amide bonds. The molecule has 0 radical (unpaired) electrons. The van der Waals surface area contributed by atoms with E-state index >= 15 is 0 Å². The van der Waals surface area contributed by atoms with E-state index in [0.29, 0.717) is 0 Å². The Morgan fingerprint density at radius 3 is 2.67 bits per heavy atom. The van der Waals surface area contributed by atoms with Gasteiger partial charge in [-0.2, -0.15) is 0 Å². The predicted molar refractivity (Wildman–Crippen MR) is 31.8 cm³/mol. The Balaban J connectivity index is 3.28. The molecular weight excluding hydrogens is 122 g/mol. The number of nitrogens with two attached hydrogens (primary N) is 1. The van der Waals surface area contributed by atoms with Gasteiger partial charge in [0, 0.05) is 0 Å². The van der Waals surface area contributed by atoms with Crippen molar-refractivity contribution in [1.82, 2.24) is 0 Å². The molecule has 0 aromatic carbocycles. The van der Waals surface area contributed by atoms with Crippen molar-refractivity contribution in [1.29, 1.82) is 0 Å². The van der Waals surface area contributed by atoms with E-state index in [9.17, 15) is 4.79 Å². The van der Waals surface area contributed by atoms with E-state index in [1.807, 2.05) is 0 Å². The minimum atomic E-state index is -0.551. The average Bonchev–Trinajstić information content (AvgIpc) is 1.83. The van der Waals surface area contributed by atoms with Gasteiger partial charge in [0.1, 0.15) is 12.4 Å². The molecule has 0 unspecified atom stereocenters. The molecule has 0 atom stereocenters. The summed E-state index contributed by atoms with van der Waals surface area (Å²) in [5.41, 5.74) is 4.87. The maximum Gasteiger partial charge on any atom is 0.320 e. The third-order valence-corrected chi connectivity index (χ3v) is 0.566. The Morgan fingerprint density at radius 1 is 1.78 bits per heavy atom. The van der Waals surface area contributed by atoms with Crippen molar-refractivity contribution in [2.75, 3.05) is 13.2 Å². The highest BCUT2D eigenvalue weighted by Gasteiger charge is 1.97. The Morgan fingerprint density at radius 2 is 2.33 bits per heavy atom. The standard InChI is InChI=1S/C5H9NO3/c1-4(7)3-9-5(8)2-6/h7H,1-3,6H2. The molecule has 52 valence electrons. The second-order valence-corrected chi connectivity index (χ2v) is 1.43. The number of rotatable bonds is 3. The van der Waals surface area contributed by atoms with E-state index in [4.69, 9.17) is 10.8 Å². The van der Waals surface area contributed by atoms with Gasteiger partial charge in [0.05, 0.1) is 6.54 Å². The molecule has 0 saturated heterocycles. The van der Waals surface area contributed by atoms with Gasteiger partial charge in [0.15, 0.2) is 0 Å². The summed E-state index contributed by atoms with van der Waals surface area (Å²) in [6, 6.07) is 0. The maximum atomic E-state index is 10.2. The number of esters is 1. The third kappa shape index (κ3) is 4.83. The van der Waals surface area contributed by atoms with Crippen molar-refractivity contribution in [3.8, 4) is 0 Å². The number of aliphatic hydroxyl groups is 1. The SMILES string of the molecule is C=C(O)COC(=O)CN. The zero-order valence-corrected chi connectivity index (χ0v) is 4.96. The smallest absolute Gasteiger partial charge is 0.320 e. The summed E-state index contributed by atoms with van der Waals surface area (Å²) in [6.07, 6.45) is 0. The van der Waals surface area contributed by atoms with E-state index < -0.39 is 5.97 Å². The van der Waals surface area contributed by atoms with Gasteiger partial charge in [-0.1, -0.05) is 6.58 Å². The normalized spacial score (nSPS) is 8.56. The van der Waals surface area contributed by atoms with Gasteiger partial charge < -0.3 is 15.6 Å². The average molecular weight is 131 g/mol. The largest absolute Gasteiger partial charge is 0.509 e. The minimum absolute atomic E-state index is 0.171. The summed E-state index contributed by atoms with van der Waals surface area (Å²) >= 11 is 0. The molecule has 0 aliphatic carbocycles. The number of carbonyl (C=O) groups is 1. The Bertz CT molecular complexity index is 121.